The van der Waals surface area contributed by atoms with Crippen LogP contribution in [0.1, 0.15) is 53.9 Å². The Bertz CT molecular complexity index is 1660. The highest BCUT2D eigenvalue weighted by Gasteiger charge is 2.35. The number of rotatable bonds is 5. The Labute approximate surface area is 241 Å². The summed E-state index contributed by atoms with van der Waals surface area (Å²) in [5.41, 5.74) is 1.96. The van der Waals surface area contributed by atoms with Crippen molar-refractivity contribution in [1.82, 2.24) is 24.8 Å². The number of nitrogens with zero attached hydrogens (tertiary/aromatic N) is 5. The summed E-state index contributed by atoms with van der Waals surface area (Å²) in [6, 6.07) is 4.22. The van der Waals surface area contributed by atoms with Gasteiger partial charge in [-0.3, -0.25) is 19.9 Å². The van der Waals surface area contributed by atoms with E-state index in [1.807, 2.05) is 0 Å². The van der Waals surface area contributed by atoms with E-state index in [1.54, 1.807) is 19.1 Å². The fraction of sp³-hybridized carbons (Fsp3) is 0.259. The molecule has 0 fully saturated rings. The number of pyridine rings is 3. The quantitative estimate of drug-likeness (QED) is 0.279. The molecular weight excluding hydrogens is 581 g/mol. The normalized spacial score (nSPS) is 12.8. The predicted octanol–water partition coefficient (Wildman–Crippen LogP) is 6.01. The van der Waals surface area contributed by atoms with Gasteiger partial charge in [0.05, 0.1) is 53.8 Å². The van der Waals surface area contributed by atoms with Crippen molar-refractivity contribution >= 4 is 39.9 Å². The van der Waals surface area contributed by atoms with Gasteiger partial charge < -0.3 is 9.64 Å². The van der Waals surface area contributed by atoms with Crippen molar-refractivity contribution < 1.29 is 27.5 Å². The van der Waals surface area contributed by atoms with Gasteiger partial charge in [0.1, 0.15) is 16.6 Å². The number of halogens is 4. The molecule has 1 aliphatic rings. The number of aromatic nitrogens is 4. The molecule has 5 heterocycles. The van der Waals surface area contributed by atoms with Crippen LogP contribution in [-0.2, 0) is 19.3 Å². The topological polar surface area (TPSA) is 110 Å². The van der Waals surface area contributed by atoms with Crippen LogP contribution in [0.2, 0.25) is 5.15 Å². The fourth-order valence-electron chi connectivity index (χ4n) is 4.61. The van der Waals surface area contributed by atoms with Crippen molar-refractivity contribution in [2.45, 2.75) is 40.0 Å². The minimum Gasteiger partial charge on any atom is -0.494 e. The molecule has 1 N–H and O–H groups in total. The number of carbonyl (C=O) groups is 2. The van der Waals surface area contributed by atoms with Crippen molar-refractivity contribution in [2.24, 2.45) is 0 Å². The first-order chi connectivity index (χ1) is 19.3. The van der Waals surface area contributed by atoms with Crippen molar-refractivity contribution in [1.29, 1.82) is 0 Å². The van der Waals surface area contributed by atoms with E-state index in [4.69, 9.17) is 16.3 Å². The highest BCUT2D eigenvalue weighted by atomic mass is 35.5. The Kier molecular flexibility index (Phi) is 7.43. The Morgan fingerprint density at radius 2 is 1.80 bits per heavy atom. The van der Waals surface area contributed by atoms with Gasteiger partial charge in [0, 0.05) is 23.0 Å². The van der Waals surface area contributed by atoms with Crippen LogP contribution in [0.5, 0.6) is 5.75 Å². The summed E-state index contributed by atoms with van der Waals surface area (Å²) in [7, 11) is 1.49. The average molecular weight is 603 g/mol. The summed E-state index contributed by atoms with van der Waals surface area (Å²) in [4.78, 5) is 45.2. The first-order valence-electron chi connectivity index (χ1n) is 12.2. The predicted molar refractivity (Wildman–Crippen MR) is 146 cm³/mol. The van der Waals surface area contributed by atoms with E-state index in [1.165, 1.54) is 49.6 Å². The minimum absolute atomic E-state index is 0.00752. The van der Waals surface area contributed by atoms with Gasteiger partial charge >= 0.3 is 6.18 Å². The monoisotopic (exact) mass is 602 g/mol. The summed E-state index contributed by atoms with van der Waals surface area (Å²) in [6.45, 7) is 4.98. The second-order valence-corrected chi connectivity index (χ2v) is 10.8. The summed E-state index contributed by atoms with van der Waals surface area (Å²) in [5.74, 6) is -0.456. The molecule has 9 nitrogen and oxygen atoms in total. The first kappa shape index (κ1) is 28.4. The zero-order valence-electron chi connectivity index (χ0n) is 22.2. The number of carbonyl (C=O) groups excluding carboxylic acids is 2. The molecule has 0 saturated carbocycles. The fourth-order valence-corrected chi connectivity index (χ4v) is 5.75. The molecule has 212 valence electrons. The van der Waals surface area contributed by atoms with Gasteiger partial charge in [-0.1, -0.05) is 22.9 Å². The van der Waals surface area contributed by atoms with Crippen LogP contribution in [-0.4, -0.2) is 43.8 Å². The number of amides is 2. The number of hydrogen-bond acceptors (Lipinski definition) is 8. The summed E-state index contributed by atoms with van der Waals surface area (Å²) in [6.07, 6.45) is -1.68. The van der Waals surface area contributed by atoms with E-state index in [9.17, 15) is 22.8 Å². The SMILES string of the molecule is COc1cnc(Cl)cc1-c1cc(C)ncc1C(=O)Nc1nc2c(s1)CN(C(=O)c1c(C)cc(C(F)(F)F)nc1C)C2. The molecule has 2 amide bonds. The van der Waals surface area contributed by atoms with E-state index in [2.05, 4.69) is 25.3 Å². The molecule has 0 aromatic carbocycles. The zero-order valence-corrected chi connectivity index (χ0v) is 23.8. The van der Waals surface area contributed by atoms with Crippen molar-refractivity contribution in [3.05, 3.63) is 80.1 Å². The molecule has 0 unspecified atom stereocenters. The maximum absolute atomic E-state index is 13.3. The van der Waals surface area contributed by atoms with Crippen LogP contribution in [0.3, 0.4) is 0 Å². The largest absolute Gasteiger partial charge is 0.494 e. The highest BCUT2D eigenvalue weighted by Crippen LogP contribution is 2.36. The molecule has 14 heteroatoms. The van der Waals surface area contributed by atoms with E-state index >= 15 is 0 Å². The van der Waals surface area contributed by atoms with Gasteiger partial charge in [0.25, 0.3) is 11.8 Å². The number of anilines is 1. The average Bonchev–Trinajstić information content (AvgIpc) is 3.46. The molecule has 0 aliphatic carbocycles. The second kappa shape index (κ2) is 10.7. The Morgan fingerprint density at radius 3 is 2.46 bits per heavy atom. The van der Waals surface area contributed by atoms with E-state index < -0.39 is 23.7 Å². The number of methoxy groups -OCH3 is 1. The van der Waals surface area contributed by atoms with Gasteiger partial charge in [-0.25, -0.2) is 15.0 Å². The lowest BCUT2D eigenvalue weighted by atomic mass is 10.0. The maximum Gasteiger partial charge on any atom is 0.433 e. The smallest absolute Gasteiger partial charge is 0.433 e. The van der Waals surface area contributed by atoms with Gasteiger partial charge in [-0.05, 0) is 44.5 Å². The van der Waals surface area contributed by atoms with E-state index in [0.29, 0.717) is 33.4 Å². The van der Waals surface area contributed by atoms with Crippen LogP contribution in [0.25, 0.3) is 11.1 Å². The number of hydrogen-bond donors (Lipinski definition) is 1. The van der Waals surface area contributed by atoms with E-state index in [-0.39, 0.29) is 40.6 Å². The standard InChI is InChI=1S/C27H22ClF3N6O3S/c1-12-5-21(27(29,30)31)34-14(3)23(12)25(39)37-10-18-20(11-37)41-26(35-18)36-24(38)17-8-32-13(2)6-15(17)16-7-22(28)33-9-19(16)40-4/h5-9H,10-11H2,1-4H3,(H,35,36,38). The lowest BCUT2D eigenvalue weighted by Gasteiger charge is -2.19. The number of nitrogens with one attached hydrogen (secondary N) is 1. The third-order valence-electron chi connectivity index (χ3n) is 6.49. The minimum atomic E-state index is -4.60. The summed E-state index contributed by atoms with van der Waals surface area (Å²) in [5, 5.41) is 3.37. The summed E-state index contributed by atoms with van der Waals surface area (Å²) >= 11 is 7.33. The van der Waals surface area contributed by atoms with Crippen molar-refractivity contribution in [3.63, 3.8) is 0 Å². The first-order valence-corrected chi connectivity index (χ1v) is 13.4. The van der Waals surface area contributed by atoms with Crippen molar-refractivity contribution in [3.8, 4) is 16.9 Å². The molecule has 41 heavy (non-hydrogen) atoms. The Morgan fingerprint density at radius 1 is 1.05 bits per heavy atom. The van der Waals surface area contributed by atoms with Gasteiger partial charge in [0.15, 0.2) is 5.13 Å². The lowest BCUT2D eigenvalue weighted by molar-refractivity contribution is -0.141. The van der Waals surface area contributed by atoms with Crippen LogP contribution in [0, 0.1) is 20.8 Å². The number of fused-ring (bicyclic) bond motifs is 1. The van der Waals surface area contributed by atoms with Gasteiger partial charge in [-0.2, -0.15) is 13.2 Å². The second-order valence-electron chi connectivity index (χ2n) is 9.37. The van der Waals surface area contributed by atoms with Gasteiger partial charge in [0.2, 0.25) is 0 Å². The molecule has 4 aromatic heterocycles. The molecule has 1 aliphatic heterocycles. The van der Waals surface area contributed by atoms with Crippen LogP contribution < -0.4 is 10.1 Å². The number of ether oxygens (including phenoxy) is 1. The molecule has 0 radical (unpaired) electrons. The maximum atomic E-state index is 13.3. The third-order valence-corrected chi connectivity index (χ3v) is 7.70. The highest BCUT2D eigenvalue weighted by molar-refractivity contribution is 7.16. The van der Waals surface area contributed by atoms with Crippen LogP contribution >= 0.6 is 22.9 Å². The molecule has 0 saturated heterocycles. The lowest BCUT2D eigenvalue weighted by Crippen LogP contribution is -2.28. The molecule has 0 atom stereocenters. The van der Waals surface area contributed by atoms with Crippen molar-refractivity contribution in [2.75, 3.05) is 12.4 Å². The van der Waals surface area contributed by atoms with Crippen LogP contribution in [0.4, 0.5) is 18.3 Å². The van der Waals surface area contributed by atoms with Gasteiger partial charge in [-0.15, -0.1) is 0 Å². The Hall–Kier alpha value is -4.10. The third kappa shape index (κ3) is 5.59. The Balaban J connectivity index is 1.35. The molecule has 0 bridgehead atoms. The van der Waals surface area contributed by atoms with Crippen LogP contribution in [0.15, 0.2) is 30.6 Å². The molecule has 4 aromatic rings. The number of thiazole rings is 1. The molecular formula is C27H22ClF3N6O3S. The molecule has 0 spiro atoms. The zero-order chi connectivity index (χ0) is 29.6. The van der Waals surface area contributed by atoms with E-state index in [0.717, 1.165) is 10.9 Å². The number of aryl methyl sites for hydroxylation is 3. The summed E-state index contributed by atoms with van der Waals surface area (Å²) < 4.78 is 44.8. The number of alkyl halides is 3. The molecule has 5 rings (SSSR count).